The molecule has 0 heterocycles. The molecule has 0 saturated heterocycles. The van der Waals surface area contributed by atoms with Gasteiger partial charge in [0.25, 0.3) is 0 Å². The van der Waals surface area contributed by atoms with Gasteiger partial charge >= 0.3 is 12.2 Å². The van der Waals surface area contributed by atoms with Crippen LogP contribution in [0, 0.1) is 0 Å². The van der Waals surface area contributed by atoms with Gasteiger partial charge < -0.3 is 9.47 Å². The largest absolute Gasteiger partial charge is 0.443 e. The number of hydrogen-bond acceptors (Lipinski definition) is 6. The topological polar surface area (TPSA) is 84.9 Å². The van der Waals surface area contributed by atoms with E-state index in [-0.39, 0.29) is 18.3 Å². The van der Waals surface area contributed by atoms with Crippen LogP contribution in [0.5, 0.6) is 0 Å². The molecule has 154 valence electrons. The van der Waals surface area contributed by atoms with Gasteiger partial charge in [-0.15, -0.1) is 0 Å². The Kier molecular flexibility index (Phi) is 9.04. The summed E-state index contributed by atoms with van der Waals surface area (Å²) >= 11 is 1.06. The van der Waals surface area contributed by atoms with Gasteiger partial charge in [0.15, 0.2) is 0 Å². The third-order valence-corrected chi connectivity index (χ3v) is 4.76. The van der Waals surface area contributed by atoms with E-state index in [1.807, 2.05) is 55.5 Å². The molecule has 2 aromatic rings. The molecule has 2 aromatic carbocycles. The van der Waals surface area contributed by atoms with Crippen LogP contribution in [0.4, 0.5) is 9.59 Å². The highest BCUT2D eigenvalue weighted by atomic mass is 32.2. The van der Waals surface area contributed by atoms with Gasteiger partial charge in [0, 0.05) is 0 Å². The molecular weight excluding hydrogens is 392 g/mol. The smallest absolute Gasteiger partial charge is 0.429 e. The van der Waals surface area contributed by atoms with Crippen LogP contribution in [0.1, 0.15) is 25.0 Å². The van der Waals surface area contributed by atoms with Crippen LogP contribution < -0.4 is 5.43 Å². The first-order valence-corrected chi connectivity index (χ1v) is 10.1. The number of nitrogens with one attached hydrogen (secondary N) is 1. The van der Waals surface area contributed by atoms with E-state index in [0.717, 1.165) is 27.9 Å². The van der Waals surface area contributed by atoms with E-state index >= 15 is 0 Å². The molecule has 29 heavy (non-hydrogen) atoms. The molecule has 1 N–H and O–H groups in total. The lowest BCUT2D eigenvalue weighted by Gasteiger charge is -2.27. The Bertz CT molecular complexity index is 801. The number of carbonyl (C=O) groups is 3. The maximum Gasteiger partial charge on any atom is 0.429 e. The van der Waals surface area contributed by atoms with Crippen LogP contribution in [0.25, 0.3) is 0 Å². The fraction of sp³-hybridized carbons (Fsp3) is 0.286. The Hall–Kier alpha value is -3.00. The molecule has 0 aliphatic heterocycles. The SMILES string of the molecule is CCSC(=O)C(C)N(NC(=O)OCc1ccccc1)C(=O)OCc1ccccc1. The number of amides is 2. The van der Waals surface area contributed by atoms with E-state index in [1.165, 1.54) is 6.92 Å². The van der Waals surface area contributed by atoms with E-state index in [2.05, 4.69) is 5.43 Å². The monoisotopic (exact) mass is 416 g/mol. The van der Waals surface area contributed by atoms with Crippen molar-refractivity contribution in [1.82, 2.24) is 10.4 Å². The lowest BCUT2D eigenvalue weighted by molar-refractivity contribution is -0.115. The molecule has 7 nitrogen and oxygen atoms in total. The van der Waals surface area contributed by atoms with E-state index in [1.54, 1.807) is 12.1 Å². The van der Waals surface area contributed by atoms with Gasteiger partial charge in [-0.3, -0.25) is 4.79 Å². The maximum absolute atomic E-state index is 12.5. The van der Waals surface area contributed by atoms with Crippen LogP contribution >= 0.6 is 11.8 Å². The van der Waals surface area contributed by atoms with Gasteiger partial charge in [-0.25, -0.2) is 20.0 Å². The molecule has 0 spiro atoms. The van der Waals surface area contributed by atoms with Gasteiger partial charge in [-0.1, -0.05) is 79.3 Å². The van der Waals surface area contributed by atoms with Crippen molar-refractivity contribution in [2.75, 3.05) is 5.75 Å². The Morgan fingerprint density at radius 2 is 1.45 bits per heavy atom. The van der Waals surface area contributed by atoms with E-state index in [4.69, 9.17) is 9.47 Å². The minimum Gasteiger partial charge on any atom is -0.443 e. The van der Waals surface area contributed by atoms with Crippen molar-refractivity contribution in [3.8, 4) is 0 Å². The molecule has 0 aliphatic rings. The van der Waals surface area contributed by atoms with Crippen LogP contribution in [-0.4, -0.2) is 34.1 Å². The van der Waals surface area contributed by atoms with Crippen molar-refractivity contribution in [2.45, 2.75) is 33.1 Å². The zero-order valence-electron chi connectivity index (χ0n) is 16.4. The highest BCUT2D eigenvalue weighted by molar-refractivity contribution is 8.13. The minimum absolute atomic E-state index is 0.0126. The summed E-state index contributed by atoms with van der Waals surface area (Å²) in [6.07, 6.45) is -1.70. The molecule has 2 amide bonds. The molecule has 1 atom stereocenters. The fourth-order valence-corrected chi connectivity index (χ4v) is 2.94. The van der Waals surface area contributed by atoms with E-state index < -0.39 is 18.2 Å². The average Bonchev–Trinajstić information content (AvgIpc) is 2.75. The van der Waals surface area contributed by atoms with E-state index in [0.29, 0.717) is 5.75 Å². The highest BCUT2D eigenvalue weighted by Crippen LogP contribution is 2.12. The molecule has 0 aliphatic carbocycles. The number of hydrazine groups is 1. The Balaban J connectivity index is 2.00. The highest BCUT2D eigenvalue weighted by Gasteiger charge is 2.29. The molecule has 0 aromatic heterocycles. The molecule has 0 bridgehead atoms. The van der Waals surface area contributed by atoms with Gasteiger partial charge in [0.05, 0.1) is 0 Å². The van der Waals surface area contributed by atoms with Gasteiger partial charge in [-0.05, 0) is 23.8 Å². The first kappa shape index (κ1) is 22.3. The predicted molar refractivity (Wildman–Crippen MR) is 111 cm³/mol. The molecular formula is C21H24N2O5S. The second kappa shape index (κ2) is 11.8. The predicted octanol–water partition coefficient (Wildman–Crippen LogP) is 4.13. The fourth-order valence-electron chi connectivity index (χ4n) is 2.31. The van der Waals surface area contributed by atoms with Gasteiger partial charge in [0.1, 0.15) is 19.3 Å². The number of rotatable bonds is 7. The minimum atomic E-state index is -0.924. The van der Waals surface area contributed by atoms with Crippen LogP contribution in [0.2, 0.25) is 0 Å². The summed E-state index contributed by atoms with van der Waals surface area (Å²) in [5.74, 6) is 0.550. The van der Waals surface area contributed by atoms with Crippen molar-refractivity contribution in [3.05, 3.63) is 71.8 Å². The summed E-state index contributed by atoms with van der Waals surface area (Å²) in [6.45, 7) is 3.39. The molecule has 0 saturated carbocycles. The number of carbonyl (C=O) groups excluding carboxylic acids is 3. The molecule has 1 unspecified atom stereocenters. The molecule has 0 fully saturated rings. The zero-order valence-corrected chi connectivity index (χ0v) is 17.2. The maximum atomic E-state index is 12.5. The first-order valence-electron chi connectivity index (χ1n) is 9.15. The van der Waals surface area contributed by atoms with Crippen molar-refractivity contribution < 1.29 is 23.9 Å². The number of benzene rings is 2. The summed E-state index contributed by atoms with van der Waals surface area (Å²) in [5, 5.41) is 0.592. The second-order valence-corrected chi connectivity index (χ2v) is 7.28. The molecule has 2 rings (SSSR count). The summed E-state index contributed by atoms with van der Waals surface area (Å²) in [7, 11) is 0. The van der Waals surface area contributed by atoms with Crippen LogP contribution in [-0.2, 0) is 27.5 Å². The zero-order chi connectivity index (χ0) is 21.1. The van der Waals surface area contributed by atoms with Gasteiger partial charge in [-0.2, -0.15) is 0 Å². The molecule has 8 heteroatoms. The third kappa shape index (κ3) is 7.50. The van der Waals surface area contributed by atoms with Crippen molar-refractivity contribution in [2.24, 2.45) is 0 Å². The summed E-state index contributed by atoms with van der Waals surface area (Å²) in [6, 6.07) is 17.3. The van der Waals surface area contributed by atoms with E-state index in [9.17, 15) is 14.4 Å². The van der Waals surface area contributed by atoms with Crippen molar-refractivity contribution >= 4 is 29.1 Å². The summed E-state index contributed by atoms with van der Waals surface area (Å²) in [5.41, 5.74) is 3.91. The summed E-state index contributed by atoms with van der Waals surface area (Å²) < 4.78 is 10.4. The first-order chi connectivity index (χ1) is 14.0. The normalized spacial score (nSPS) is 11.2. The number of thioether (sulfide) groups is 1. The Labute approximate surface area is 174 Å². The number of ether oxygens (including phenoxy) is 2. The second-order valence-electron chi connectivity index (χ2n) is 6.01. The standard InChI is InChI=1S/C21H24N2O5S/c1-3-29-19(24)16(2)23(21(26)28-15-18-12-8-5-9-13-18)22-20(25)27-14-17-10-6-4-7-11-17/h4-13,16H,3,14-15H2,1-2H3,(H,22,25). The lowest BCUT2D eigenvalue weighted by atomic mass is 10.2. The van der Waals surface area contributed by atoms with Crippen LogP contribution in [0.3, 0.4) is 0 Å². The third-order valence-electron chi connectivity index (χ3n) is 3.84. The quantitative estimate of drug-likeness (QED) is 0.683. The summed E-state index contributed by atoms with van der Waals surface area (Å²) in [4.78, 5) is 37.0. The Morgan fingerprint density at radius 1 is 0.931 bits per heavy atom. The molecule has 0 radical (unpaired) electrons. The van der Waals surface area contributed by atoms with Crippen molar-refractivity contribution in [1.29, 1.82) is 0 Å². The number of nitrogens with zero attached hydrogens (tertiary/aromatic N) is 1. The van der Waals surface area contributed by atoms with Crippen molar-refractivity contribution in [3.63, 3.8) is 0 Å². The number of hydrogen-bond donors (Lipinski definition) is 1. The average molecular weight is 416 g/mol. The lowest BCUT2D eigenvalue weighted by Crippen LogP contribution is -2.53. The van der Waals surface area contributed by atoms with Gasteiger partial charge in [0.2, 0.25) is 5.12 Å². The van der Waals surface area contributed by atoms with Crippen LogP contribution in [0.15, 0.2) is 60.7 Å². The Morgan fingerprint density at radius 3 is 1.97 bits per heavy atom.